The minimum Gasteiger partial charge on any atom is -0.356 e. The second kappa shape index (κ2) is 7.10. The van der Waals surface area contributed by atoms with E-state index in [1.165, 1.54) is 0 Å². The van der Waals surface area contributed by atoms with Crippen LogP contribution in [0.25, 0.3) is 0 Å². The monoisotopic (exact) mass is 325 g/mol. The normalized spacial score (nSPS) is 24.5. The number of hydrogen-bond donors (Lipinski definition) is 1. The third kappa shape index (κ3) is 3.80. The molecule has 0 aliphatic carbocycles. The molecule has 3 rings (SSSR count). The van der Waals surface area contributed by atoms with E-state index in [4.69, 9.17) is 6.42 Å². The van der Waals surface area contributed by atoms with Crippen LogP contribution < -0.4 is 5.32 Å². The summed E-state index contributed by atoms with van der Waals surface area (Å²) >= 11 is 0. The molecule has 24 heavy (non-hydrogen) atoms. The minimum atomic E-state index is -0.338. The van der Waals surface area contributed by atoms with Gasteiger partial charge in [-0.3, -0.25) is 9.78 Å². The SMILES string of the molecule is C#CCCC1(CCNC(=O)[C@H]2CN(C)C[C@@H]2c2cccnc2)N=N1. The zero-order valence-corrected chi connectivity index (χ0v) is 14.0. The maximum atomic E-state index is 12.6. The standard InChI is InChI=1S/C18H23N5O/c1-3-4-7-18(21-22-18)8-10-20-17(24)16-13-23(2)12-15(16)14-6-5-9-19-11-14/h1,5-6,9,11,15-16H,4,7-8,10,12-13H2,2H3,(H,20,24)/t15-,16+/m1/s1. The van der Waals surface area contributed by atoms with E-state index in [0.717, 1.165) is 31.5 Å². The summed E-state index contributed by atoms with van der Waals surface area (Å²) in [5.74, 6) is 2.86. The first-order valence-electron chi connectivity index (χ1n) is 8.37. The number of rotatable bonds is 7. The number of carbonyl (C=O) groups excluding carboxylic acids is 1. The molecule has 1 fully saturated rings. The lowest BCUT2D eigenvalue weighted by Crippen LogP contribution is -2.36. The molecule has 0 radical (unpaired) electrons. The van der Waals surface area contributed by atoms with Crippen LogP contribution in [0.1, 0.15) is 30.7 Å². The second-order valence-electron chi connectivity index (χ2n) is 6.65. The van der Waals surface area contributed by atoms with Crippen molar-refractivity contribution in [2.24, 2.45) is 16.1 Å². The molecule has 1 aromatic heterocycles. The molecule has 6 nitrogen and oxygen atoms in total. The van der Waals surface area contributed by atoms with Crippen molar-refractivity contribution < 1.29 is 4.79 Å². The molecule has 6 heteroatoms. The molecular formula is C18H23N5O. The first-order chi connectivity index (χ1) is 11.6. The van der Waals surface area contributed by atoms with Gasteiger partial charge in [0.2, 0.25) is 5.91 Å². The van der Waals surface area contributed by atoms with Gasteiger partial charge in [-0.1, -0.05) is 6.07 Å². The summed E-state index contributed by atoms with van der Waals surface area (Å²) in [6.45, 7) is 2.22. The van der Waals surface area contributed by atoms with Gasteiger partial charge in [0.25, 0.3) is 0 Å². The van der Waals surface area contributed by atoms with Crippen LogP contribution in [0.4, 0.5) is 0 Å². The summed E-state index contributed by atoms with van der Waals surface area (Å²) in [6.07, 6.45) is 11.1. The predicted octanol–water partition coefficient (Wildman–Crippen LogP) is 1.81. The van der Waals surface area contributed by atoms with Crippen molar-refractivity contribution in [3.8, 4) is 12.3 Å². The number of likely N-dealkylation sites (N-methyl/N-ethyl adjacent to an activating group) is 1. The average Bonchev–Trinajstić information content (AvgIpc) is 3.26. The highest BCUT2D eigenvalue weighted by Crippen LogP contribution is 2.36. The number of terminal acetylenes is 1. The van der Waals surface area contributed by atoms with Crippen molar-refractivity contribution in [1.82, 2.24) is 15.2 Å². The van der Waals surface area contributed by atoms with Gasteiger partial charge < -0.3 is 10.2 Å². The lowest BCUT2D eigenvalue weighted by Gasteiger charge is -2.18. The molecule has 2 aliphatic heterocycles. The van der Waals surface area contributed by atoms with Gasteiger partial charge in [0, 0.05) is 57.2 Å². The Kier molecular flexibility index (Phi) is 4.91. The molecule has 0 unspecified atom stereocenters. The molecule has 2 atom stereocenters. The van der Waals surface area contributed by atoms with E-state index in [1.807, 2.05) is 25.4 Å². The first-order valence-corrected chi connectivity index (χ1v) is 8.37. The van der Waals surface area contributed by atoms with Crippen LogP contribution in [0, 0.1) is 18.3 Å². The van der Waals surface area contributed by atoms with Crippen molar-refractivity contribution in [2.75, 3.05) is 26.7 Å². The summed E-state index contributed by atoms with van der Waals surface area (Å²) in [7, 11) is 2.05. The van der Waals surface area contributed by atoms with Crippen LogP contribution in [-0.2, 0) is 4.79 Å². The van der Waals surface area contributed by atoms with E-state index >= 15 is 0 Å². The summed E-state index contributed by atoms with van der Waals surface area (Å²) in [6, 6.07) is 3.97. The first kappa shape index (κ1) is 16.6. The third-order valence-electron chi connectivity index (χ3n) is 4.83. The Balaban J connectivity index is 1.53. The van der Waals surface area contributed by atoms with E-state index in [9.17, 15) is 4.79 Å². The molecule has 1 N–H and O–H groups in total. The smallest absolute Gasteiger partial charge is 0.225 e. The van der Waals surface area contributed by atoms with Crippen LogP contribution in [0.15, 0.2) is 34.8 Å². The number of nitrogens with one attached hydrogen (secondary N) is 1. The van der Waals surface area contributed by atoms with Gasteiger partial charge in [0.1, 0.15) is 0 Å². The molecule has 1 aromatic rings. The Morgan fingerprint density at radius 2 is 2.29 bits per heavy atom. The lowest BCUT2D eigenvalue weighted by molar-refractivity contribution is -0.125. The van der Waals surface area contributed by atoms with E-state index in [-0.39, 0.29) is 23.4 Å². The molecule has 126 valence electrons. The topological polar surface area (TPSA) is 70.0 Å². The van der Waals surface area contributed by atoms with Gasteiger partial charge in [-0.2, -0.15) is 10.2 Å². The minimum absolute atomic E-state index is 0.0473. The number of likely N-dealkylation sites (tertiary alicyclic amines) is 1. The number of pyridine rings is 1. The van der Waals surface area contributed by atoms with E-state index in [1.54, 1.807) is 6.20 Å². The predicted molar refractivity (Wildman–Crippen MR) is 91.2 cm³/mol. The maximum absolute atomic E-state index is 12.6. The number of carbonyl (C=O) groups is 1. The molecular weight excluding hydrogens is 302 g/mol. The Labute approximate surface area is 142 Å². The molecule has 0 saturated carbocycles. The Bertz CT molecular complexity index is 645. The third-order valence-corrected chi connectivity index (χ3v) is 4.83. The second-order valence-corrected chi connectivity index (χ2v) is 6.65. The Morgan fingerprint density at radius 3 is 2.96 bits per heavy atom. The van der Waals surface area contributed by atoms with Crippen molar-refractivity contribution >= 4 is 5.91 Å². The molecule has 1 amide bonds. The number of aromatic nitrogens is 1. The molecule has 0 aromatic carbocycles. The maximum Gasteiger partial charge on any atom is 0.225 e. The van der Waals surface area contributed by atoms with Gasteiger partial charge in [0.15, 0.2) is 5.66 Å². The zero-order chi connectivity index (χ0) is 17.0. The molecule has 2 aliphatic rings. The highest BCUT2D eigenvalue weighted by molar-refractivity contribution is 5.80. The zero-order valence-electron chi connectivity index (χ0n) is 14.0. The summed E-state index contributed by atoms with van der Waals surface area (Å²) in [5, 5.41) is 11.3. The van der Waals surface area contributed by atoms with Gasteiger partial charge in [-0.15, -0.1) is 12.3 Å². The average molecular weight is 325 g/mol. The molecule has 3 heterocycles. The van der Waals surface area contributed by atoms with Crippen LogP contribution in [-0.4, -0.2) is 48.1 Å². The molecule has 0 bridgehead atoms. The highest BCUT2D eigenvalue weighted by atomic mass is 16.1. The summed E-state index contributed by atoms with van der Waals surface area (Å²) in [4.78, 5) is 19.0. The van der Waals surface area contributed by atoms with E-state index < -0.39 is 0 Å². The number of nitrogens with zero attached hydrogens (tertiary/aromatic N) is 4. The highest BCUT2D eigenvalue weighted by Gasteiger charge is 2.40. The summed E-state index contributed by atoms with van der Waals surface area (Å²) < 4.78 is 0. The number of hydrogen-bond acceptors (Lipinski definition) is 5. The Morgan fingerprint density at radius 1 is 1.46 bits per heavy atom. The summed E-state index contributed by atoms with van der Waals surface area (Å²) in [5.41, 5.74) is 0.786. The van der Waals surface area contributed by atoms with Crippen LogP contribution >= 0.6 is 0 Å². The van der Waals surface area contributed by atoms with Crippen LogP contribution in [0.5, 0.6) is 0 Å². The largest absolute Gasteiger partial charge is 0.356 e. The van der Waals surface area contributed by atoms with Crippen LogP contribution in [0.2, 0.25) is 0 Å². The van der Waals surface area contributed by atoms with Gasteiger partial charge >= 0.3 is 0 Å². The van der Waals surface area contributed by atoms with Crippen LogP contribution in [0.3, 0.4) is 0 Å². The Hall–Kier alpha value is -2.26. The van der Waals surface area contributed by atoms with Crippen molar-refractivity contribution in [1.29, 1.82) is 0 Å². The fraction of sp³-hybridized carbons (Fsp3) is 0.556. The van der Waals surface area contributed by atoms with Crippen molar-refractivity contribution in [3.05, 3.63) is 30.1 Å². The quantitative estimate of drug-likeness (QED) is 0.777. The van der Waals surface area contributed by atoms with Crippen molar-refractivity contribution in [2.45, 2.75) is 30.8 Å². The van der Waals surface area contributed by atoms with Gasteiger partial charge in [-0.25, -0.2) is 0 Å². The number of amides is 1. The molecule has 0 spiro atoms. The fourth-order valence-corrected chi connectivity index (χ4v) is 3.38. The van der Waals surface area contributed by atoms with Crippen molar-refractivity contribution in [3.63, 3.8) is 0 Å². The van der Waals surface area contributed by atoms with Gasteiger partial charge in [-0.05, 0) is 18.7 Å². The fourth-order valence-electron chi connectivity index (χ4n) is 3.38. The van der Waals surface area contributed by atoms with E-state index in [0.29, 0.717) is 13.0 Å². The van der Waals surface area contributed by atoms with Gasteiger partial charge in [0.05, 0.1) is 5.92 Å². The molecule has 1 saturated heterocycles. The lowest BCUT2D eigenvalue weighted by atomic mass is 9.89. The van der Waals surface area contributed by atoms with E-state index in [2.05, 4.69) is 31.3 Å².